The molecule has 0 aromatic rings. The van der Waals surface area contributed by atoms with Gasteiger partial charge in [-0.3, -0.25) is 0 Å². The van der Waals surface area contributed by atoms with E-state index in [2.05, 4.69) is 9.26 Å². The molecule has 0 aliphatic carbocycles. The van der Waals surface area contributed by atoms with Gasteiger partial charge in [0.15, 0.2) is 6.29 Å². The number of hydrogen-bond acceptors (Lipinski definition) is 9. The summed E-state index contributed by atoms with van der Waals surface area (Å²) < 4.78 is 18.7. The Bertz CT molecular complexity index is 275. The van der Waals surface area contributed by atoms with Crippen molar-refractivity contribution in [1.29, 1.82) is 0 Å². The summed E-state index contributed by atoms with van der Waals surface area (Å²) >= 11 is 0. The lowest BCUT2D eigenvalue weighted by atomic mass is 10.00. The summed E-state index contributed by atoms with van der Waals surface area (Å²) in [6, 6.07) is 0. The highest BCUT2D eigenvalue weighted by atomic mass is 31.2. The molecule has 96 valence electrons. The van der Waals surface area contributed by atoms with Gasteiger partial charge >= 0.3 is 0 Å². The first kappa shape index (κ1) is 14.0. The molecule has 0 radical (unpaired) electrons. The largest absolute Gasteiger partial charge is 0.790 e. The highest BCUT2D eigenvalue weighted by molar-refractivity contribution is 7.43. The molecule has 0 bridgehead atoms. The van der Waals surface area contributed by atoms with Crippen LogP contribution in [0.3, 0.4) is 0 Å². The Morgan fingerprint density at radius 1 is 1.19 bits per heavy atom. The van der Waals surface area contributed by atoms with E-state index in [0.717, 1.165) is 0 Å². The van der Waals surface area contributed by atoms with E-state index in [-0.39, 0.29) is 0 Å². The fourth-order valence-corrected chi connectivity index (χ4v) is 1.71. The highest BCUT2D eigenvalue weighted by Crippen LogP contribution is 2.33. The van der Waals surface area contributed by atoms with Crippen LogP contribution in [0.5, 0.6) is 0 Å². The van der Waals surface area contributed by atoms with Crippen LogP contribution in [-0.2, 0) is 13.8 Å². The van der Waals surface area contributed by atoms with Gasteiger partial charge < -0.3 is 44.0 Å². The van der Waals surface area contributed by atoms with Crippen LogP contribution in [0.2, 0.25) is 0 Å². The molecule has 10 heteroatoms. The molecule has 1 aliphatic rings. The third-order valence-corrected chi connectivity index (χ3v) is 2.55. The molecule has 16 heavy (non-hydrogen) atoms. The van der Waals surface area contributed by atoms with Gasteiger partial charge in [0.05, 0.1) is 14.4 Å². The second kappa shape index (κ2) is 5.05. The lowest BCUT2D eigenvalue weighted by molar-refractivity contribution is -0.368. The van der Waals surface area contributed by atoms with Gasteiger partial charge in [-0.05, 0) is 0 Å². The maximum atomic E-state index is 10.3. The van der Waals surface area contributed by atoms with Gasteiger partial charge in [0.2, 0.25) is 0 Å². The first-order valence-electron chi connectivity index (χ1n) is 4.27. The van der Waals surface area contributed by atoms with Crippen LogP contribution >= 0.6 is 7.82 Å². The Labute approximate surface area is 90.1 Å². The average molecular weight is 258 g/mol. The van der Waals surface area contributed by atoms with Crippen LogP contribution in [0.4, 0.5) is 0 Å². The first-order chi connectivity index (χ1) is 7.26. The predicted molar refractivity (Wildman–Crippen MR) is 42.5 cm³/mol. The van der Waals surface area contributed by atoms with Crippen molar-refractivity contribution in [3.05, 3.63) is 0 Å². The van der Waals surface area contributed by atoms with Crippen molar-refractivity contribution >= 4 is 7.82 Å². The molecule has 9 nitrogen and oxygen atoms in total. The predicted octanol–water partition coefficient (Wildman–Crippen LogP) is -4.37. The van der Waals surface area contributed by atoms with Gasteiger partial charge in [0.1, 0.15) is 24.4 Å². The number of aliphatic hydroxyl groups is 4. The molecule has 5 atom stereocenters. The van der Waals surface area contributed by atoms with Gasteiger partial charge in [-0.1, -0.05) is 0 Å². The van der Waals surface area contributed by atoms with Gasteiger partial charge in [-0.2, -0.15) is 0 Å². The standard InChI is InChI=1S/C6H13O9P/c7-1-2-3(8)4(9)5(10)6(14-2)15-16(11,12)13/h2-10H,1H2,(H2,11,12,13)/p-2/t2-,3-,4-,5-,6+/m1/s1. The molecule has 1 saturated heterocycles. The van der Waals surface area contributed by atoms with E-state index < -0.39 is 45.1 Å². The fourth-order valence-electron chi connectivity index (χ4n) is 1.28. The minimum absolute atomic E-state index is 0.743. The molecule has 0 aromatic carbocycles. The molecular weight excluding hydrogens is 247 g/mol. The zero-order chi connectivity index (χ0) is 12.5. The van der Waals surface area contributed by atoms with E-state index in [1.165, 1.54) is 0 Å². The van der Waals surface area contributed by atoms with Crippen LogP contribution in [0, 0.1) is 0 Å². The van der Waals surface area contributed by atoms with Crippen molar-refractivity contribution in [2.75, 3.05) is 6.61 Å². The van der Waals surface area contributed by atoms with Gasteiger partial charge in [-0.25, -0.2) is 0 Å². The summed E-state index contributed by atoms with van der Waals surface area (Å²) in [5.41, 5.74) is 0. The number of ether oxygens (including phenoxy) is 1. The van der Waals surface area contributed by atoms with Crippen molar-refractivity contribution in [3.63, 3.8) is 0 Å². The number of aliphatic hydroxyl groups excluding tert-OH is 4. The molecule has 1 fully saturated rings. The van der Waals surface area contributed by atoms with Crippen molar-refractivity contribution in [1.82, 2.24) is 0 Å². The Balaban J connectivity index is 2.75. The number of rotatable bonds is 3. The molecule has 0 aromatic heterocycles. The normalized spacial score (nSPS) is 41.0. The van der Waals surface area contributed by atoms with Crippen LogP contribution in [-0.4, -0.2) is 57.7 Å². The maximum Gasteiger partial charge on any atom is 0.191 e. The van der Waals surface area contributed by atoms with E-state index >= 15 is 0 Å². The summed E-state index contributed by atoms with van der Waals surface area (Å²) in [5, 5.41) is 36.5. The Morgan fingerprint density at radius 3 is 2.19 bits per heavy atom. The highest BCUT2D eigenvalue weighted by Gasteiger charge is 2.44. The minimum atomic E-state index is -5.41. The summed E-state index contributed by atoms with van der Waals surface area (Å²) in [5.74, 6) is 0. The molecule has 0 spiro atoms. The van der Waals surface area contributed by atoms with Crippen LogP contribution in [0.1, 0.15) is 0 Å². The second-order valence-corrected chi connectivity index (χ2v) is 4.36. The van der Waals surface area contributed by atoms with Crippen LogP contribution < -0.4 is 9.79 Å². The van der Waals surface area contributed by atoms with E-state index in [1.54, 1.807) is 0 Å². The summed E-state index contributed by atoms with van der Waals surface area (Å²) in [4.78, 5) is 20.6. The Morgan fingerprint density at radius 2 is 1.75 bits per heavy atom. The van der Waals surface area contributed by atoms with E-state index in [0.29, 0.717) is 0 Å². The van der Waals surface area contributed by atoms with Crippen LogP contribution in [0.15, 0.2) is 0 Å². The van der Waals surface area contributed by atoms with Gasteiger partial charge in [0.25, 0.3) is 0 Å². The Hall–Kier alpha value is -0.0900. The molecule has 0 saturated carbocycles. The minimum Gasteiger partial charge on any atom is -0.790 e. The van der Waals surface area contributed by atoms with Crippen molar-refractivity contribution in [2.24, 2.45) is 0 Å². The number of phosphoric acid groups is 1. The van der Waals surface area contributed by atoms with E-state index in [9.17, 15) is 29.7 Å². The smallest absolute Gasteiger partial charge is 0.191 e. The lowest BCUT2D eigenvalue weighted by Gasteiger charge is -2.43. The zero-order valence-electron chi connectivity index (χ0n) is 7.87. The average Bonchev–Trinajstić information content (AvgIpc) is 2.17. The fraction of sp³-hybridized carbons (Fsp3) is 1.00. The first-order valence-corrected chi connectivity index (χ1v) is 5.73. The number of hydrogen-bond donors (Lipinski definition) is 4. The van der Waals surface area contributed by atoms with Crippen molar-refractivity contribution < 1.29 is 44.0 Å². The zero-order valence-corrected chi connectivity index (χ0v) is 8.77. The Kier molecular flexibility index (Phi) is 4.41. The van der Waals surface area contributed by atoms with E-state index in [1.807, 2.05) is 0 Å². The number of phosphoric ester groups is 1. The summed E-state index contributed by atoms with van der Waals surface area (Å²) in [7, 11) is -5.41. The van der Waals surface area contributed by atoms with Gasteiger partial charge in [-0.15, -0.1) is 0 Å². The molecule has 1 heterocycles. The lowest BCUT2D eigenvalue weighted by Crippen LogP contribution is -2.59. The molecule has 0 unspecified atom stereocenters. The second-order valence-electron chi connectivity index (χ2n) is 3.25. The molecule has 1 aliphatic heterocycles. The SMILES string of the molecule is O=P([O-])([O-])O[C@@H]1O[C@H](CO)[C@@H](O)[C@@H](O)[C@H]1O. The third kappa shape index (κ3) is 3.20. The summed E-state index contributed by atoms with van der Waals surface area (Å²) in [6.07, 6.45) is -8.61. The third-order valence-electron chi connectivity index (χ3n) is 2.08. The molecule has 0 amide bonds. The van der Waals surface area contributed by atoms with Crippen molar-refractivity contribution in [2.45, 2.75) is 30.7 Å². The molecule has 1 rings (SSSR count). The maximum absolute atomic E-state index is 10.3. The topological polar surface area (TPSA) is 163 Å². The quantitative estimate of drug-likeness (QED) is 0.366. The monoisotopic (exact) mass is 258 g/mol. The molecular formula is C6H11O9P-2. The van der Waals surface area contributed by atoms with Crippen LogP contribution in [0.25, 0.3) is 0 Å². The van der Waals surface area contributed by atoms with E-state index in [4.69, 9.17) is 5.11 Å². The molecule has 4 N–H and O–H groups in total. The van der Waals surface area contributed by atoms with Gasteiger partial charge in [0, 0.05) is 0 Å². The van der Waals surface area contributed by atoms with Crippen molar-refractivity contribution in [3.8, 4) is 0 Å². The summed E-state index contributed by atoms with van der Waals surface area (Å²) in [6.45, 7) is -0.743.